The highest BCUT2D eigenvalue weighted by Gasteiger charge is 2.11. The molecule has 1 heteroatoms. The summed E-state index contributed by atoms with van der Waals surface area (Å²) in [6, 6.07) is 13.6. The normalized spacial score (nSPS) is 11.2. The summed E-state index contributed by atoms with van der Waals surface area (Å²) in [7, 11) is 0. The quantitative estimate of drug-likeness (QED) is 0.437. The molecule has 0 fully saturated rings. The summed E-state index contributed by atoms with van der Waals surface area (Å²) in [4.78, 5) is 12.4. The van der Waals surface area contributed by atoms with Crippen molar-refractivity contribution in [3.8, 4) is 0 Å². The van der Waals surface area contributed by atoms with Gasteiger partial charge in [-0.3, -0.25) is 4.79 Å². The van der Waals surface area contributed by atoms with Gasteiger partial charge in [-0.15, -0.1) is 0 Å². The van der Waals surface area contributed by atoms with Crippen LogP contribution in [0.5, 0.6) is 0 Å². The standard InChI is InChI=1S/C17H14O/c1-3-8-13(4-2)17(18)16-12-7-10-14-9-5-6-11-15(14)16/h3-12H,1-2H2/b13-8+. The molecule has 0 unspecified atom stereocenters. The van der Waals surface area contributed by atoms with Crippen LogP contribution in [0.3, 0.4) is 0 Å². The molecule has 0 N–H and O–H groups in total. The van der Waals surface area contributed by atoms with Gasteiger partial charge in [-0.1, -0.05) is 73.9 Å². The van der Waals surface area contributed by atoms with E-state index in [2.05, 4.69) is 13.2 Å². The first-order chi connectivity index (χ1) is 8.77. The molecule has 1 nitrogen and oxygen atoms in total. The molecule has 0 bridgehead atoms. The number of Topliss-reactive ketones (excluding diaryl/α,β-unsaturated/α-hetero) is 1. The van der Waals surface area contributed by atoms with Crippen molar-refractivity contribution in [2.45, 2.75) is 0 Å². The fourth-order valence-corrected chi connectivity index (χ4v) is 1.94. The highest BCUT2D eigenvalue weighted by molar-refractivity contribution is 6.17. The molecule has 0 saturated heterocycles. The summed E-state index contributed by atoms with van der Waals surface area (Å²) in [5, 5.41) is 2.02. The smallest absolute Gasteiger partial charge is 0.193 e. The van der Waals surface area contributed by atoms with Gasteiger partial charge < -0.3 is 0 Å². The predicted octanol–water partition coefficient (Wildman–Crippen LogP) is 4.32. The maximum Gasteiger partial charge on any atom is 0.193 e. The first-order valence-electron chi connectivity index (χ1n) is 5.75. The first-order valence-corrected chi connectivity index (χ1v) is 5.75. The first kappa shape index (κ1) is 12.1. The highest BCUT2D eigenvalue weighted by atomic mass is 16.1. The number of carbonyl (C=O) groups is 1. The van der Waals surface area contributed by atoms with Crippen LogP contribution in [-0.2, 0) is 0 Å². The summed E-state index contributed by atoms with van der Waals surface area (Å²) in [5.41, 5.74) is 1.25. The molecule has 0 aliphatic rings. The summed E-state index contributed by atoms with van der Waals surface area (Å²) < 4.78 is 0. The second-order valence-corrected chi connectivity index (χ2v) is 3.92. The molecule has 0 radical (unpaired) electrons. The Kier molecular flexibility index (Phi) is 3.54. The fourth-order valence-electron chi connectivity index (χ4n) is 1.94. The van der Waals surface area contributed by atoms with Gasteiger partial charge >= 0.3 is 0 Å². The van der Waals surface area contributed by atoms with Gasteiger partial charge in [-0.2, -0.15) is 0 Å². The molecule has 0 heterocycles. The predicted molar refractivity (Wildman–Crippen MR) is 76.8 cm³/mol. The lowest BCUT2D eigenvalue weighted by molar-refractivity contribution is 0.103. The van der Waals surface area contributed by atoms with Crippen molar-refractivity contribution in [2.75, 3.05) is 0 Å². The number of fused-ring (bicyclic) bond motifs is 1. The molecule has 0 spiro atoms. The van der Waals surface area contributed by atoms with E-state index in [0.29, 0.717) is 11.1 Å². The molecule has 0 aliphatic carbocycles. The lowest BCUT2D eigenvalue weighted by Crippen LogP contribution is -2.02. The maximum absolute atomic E-state index is 12.4. The van der Waals surface area contributed by atoms with E-state index in [0.717, 1.165) is 10.8 Å². The van der Waals surface area contributed by atoms with E-state index in [1.165, 1.54) is 0 Å². The Bertz CT molecular complexity index is 642. The van der Waals surface area contributed by atoms with Gasteiger partial charge in [0.2, 0.25) is 0 Å². The van der Waals surface area contributed by atoms with Crippen LogP contribution >= 0.6 is 0 Å². The molecule has 88 valence electrons. The van der Waals surface area contributed by atoms with Gasteiger partial charge in [-0.25, -0.2) is 0 Å². The van der Waals surface area contributed by atoms with E-state index in [1.807, 2.05) is 42.5 Å². The summed E-state index contributed by atoms with van der Waals surface area (Å²) in [6.07, 6.45) is 4.84. The van der Waals surface area contributed by atoms with Gasteiger partial charge in [0.05, 0.1) is 0 Å². The van der Waals surface area contributed by atoms with Crippen LogP contribution in [0.1, 0.15) is 10.4 Å². The van der Waals surface area contributed by atoms with Crippen molar-refractivity contribution in [1.82, 2.24) is 0 Å². The van der Waals surface area contributed by atoms with Crippen molar-refractivity contribution in [2.24, 2.45) is 0 Å². The van der Waals surface area contributed by atoms with Gasteiger partial charge in [0.25, 0.3) is 0 Å². The average molecular weight is 234 g/mol. The third kappa shape index (κ3) is 2.16. The molecule has 0 atom stereocenters. The monoisotopic (exact) mass is 234 g/mol. The molecule has 2 aromatic carbocycles. The maximum atomic E-state index is 12.4. The molecule has 18 heavy (non-hydrogen) atoms. The Labute approximate surface area is 107 Å². The van der Waals surface area contributed by atoms with E-state index in [1.54, 1.807) is 18.2 Å². The number of ketones is 1. The zero-order valence-corrected chi connectivity index (χ0v) is 10.1. The van der Waals surface area contributed by atoms with Gasteiger partial charge in [0.1, 0.15) is 0 Å². The fraction of sp³-hybridized carbons (Fsp3) is 0. The van der Waals surface area contributed by atoms with Crippen molar-refractivity contribution < 1.29 is 4.79 Å². The Morgan fingerprint density at radius 2 is 1.72 bits per heavy atom. The minimum atomic E-state index is -0.0262. The number of rotatable bonds is 4. The number of benzene rings is 2. The van der Waals surface area contributed by atoms with Crippen molar-refractivity contribution in [3.63, 3.8) is 0 Å². The second-order valence-electron chi connectivity index (χ2n) is 3.92. The third-order valence-corrected chi connectivity index (χ3v) is 2.81. The van der Waals surface area contributed by atoms with Crippen LogP contribution in [0.25, 0.3) is 10.8 Å². The third-order valence-electron chi connectivity index (χ3n) is 2.81. The number of allylic oxidation sites excluding steroid dienone is 4. The zero-order chi connectivity index (χ0) is 13.0. The van der Waals surface area contributed by atoms with Crippen LogP contribution < -0.4 is 0 Å². The van der Waals surface area contributed by atoms with E-state index in [-0.39, 0.29) is 5.78 Å². The summed E-state index contributed by atoms with van der Waals surface area (Å²) in [5.74, 6) is -0.0262. The van der Waals surface area contributed by atoms with Gasteiger partial charge in [0.15, 0.2) is 5.78 Å². The van der Waals surface area contributed by atoms with E-state index in [4.69, 9.17) is 0 Å². The largest absolute Gasteiger partial charge is 0.289 e. The topological polar surface area (TPSA) is 17.1 Å². The van der Waals surface area contributed by atoms with Gasteiger partial charge in [-0.05, 0) is 10.8 Å². The Morgan fingerprint density at radius 1 is 1.00 bits per heavy atom. The van der Waals surface area contributed by atoms with E-state index >= 15 is 0 Å². The molecule has 0 aromatic heterocycles. The second kappa shape index (κ2) is 5.28. The molecular weight excluding hydrogens is 220 g/mol. The van der Waals surface area contributed by atoms with Crippen molar-refractivity contribution in [1.29, 1.82) is 0 Å². The molecule has 0 saturated carbocycles. The minimum Gasteiger partial charge on any atom is -0.289 e. The SMILES string of the molecule is C=C/C=C(\C=C)C(=O)c1cccc2ccccc12. The van der Waals surface area contributed by atoms with Crippen LogP contribution in [0.2, 0.25) is 0 Å². The van der Waals surface area contributed by atoms with Crippen LogP contribution in [-0.4, -0.2) is 5.78 Å². The van der Waals surface area contributed by atoms with Crippen molar-refractivity contribution >= 4 is 16.6 Å². The summed E-state index contributed by atoms with van der Waals surface area (Å²) >= 11 is 0. The number of hydrogen-bond donors (Lipinski definition) is 0. The lowest BCUT2D eigenvalue weighted by atomic mass is 9.97. The van der Waals surface area contributed by atoms with E-state index in [9.17, 15) is 4.79 Å². The van der Waals surface area contributed by atoms with Crippen LogP contribution in [0, 0.1) is 0 Å². The Morgan fingerprint density at radius 3 is 2.44 bits per heavy atom. The molecule has 0 amide bonds. The summed E-state index contributed by atoms with van der Waals surface area (Å²) in [6.45, 7) is 7.28. The van der Waals surface area contributed by atoms with Crippen LogP contribution in [0.15, 0.2) is 79.4 Å². The lowest BCUT2D eigenvalue weighted by Gasteiger charge is -2.06. The van der Waals surface area contributed by atoms with Crippen LogP contribution in [0.4, 0.5) is 0 Å². The zero-order valence-electron chi connectivity index (χ0n) is 10.1. The Hall–Kier alpha value is -2.41. The molecule has 2 aromatic rings. The molecule has 2 rings (SSSR count). The number of carbonyl (C=O) groups excluding carboxylic acids is 1. The molecule has 0 aliphatic heterocycles. The molecular formula is C17H14O. The van der Waals surface area contributed by atoms with Crippen molar-refractivity contribution in [3.05, 3.63) is 85.0 Å². The Balaban J connectivity index is 2.61. The average Bonchev–Trinajstić information content (AvgIpc) is 2.43. The van der Waals surface area contributed by atoms with Gasteiger partial charge in [0, 0.05) is 11.1 Å². The number of hydrogen-bond acceptors (Lipinski definition) is 1. The van der Waals surface area contributed by atoms with E-state index < -0.39 is 0 Å². The minimum absolute atomic E-state index is 0.0262. The highest BCUT2D eigenvalue weighted by Crippen LogP contribution is 2.21.